The molecule has 3 heteroatoms. The largest absolute Gasteiger partial charge is 0.466 e. The first-order valence-electron chi connectivity index (χ1n) is 10.4. The minimum Gasteiger partial charge on any atom is -0.466 e. The van der Waals surface area contributed by atoms with Crippen molar-refractivity contribution in [3.05, 3.63) is 24.3 Å². The number of carbonyl (C=O) groups is 1. The summed E-state index contributed by atoms with van der Waals surface area (Å²) >= 11 is 4.14. The Hall–Kier alpha value is -0.700. The molecule has 0 fully saturated rings. The number of unbranched alkanes of at least 4 members (excludes halogenated alkanes) is 9. The summed E-state index contributed by atoms with van der Waals surface area (Å²) in [7, 11) is 0. The van der Waals surface area contributed by atoms with Crippen LogP contribution in [-0.2, 0) is 9.53 Å². The molecule has 0 amide bonds. The molecule has 0 saturated carbocycles. The van der Waals surface area contributed by atoms with Crippen LogP contribution in [0.2, 0.25) is 0 Å². The molecule has 0 aliphatic rings. The summed E-state index contributed by atoms with van der Waals surface area (Å²) in [5.41, 5.74) is 0. The number of allylic oxidation sites excluding steroid dienone is 4. The minimum atomic E-state index is -0.0372. The average Bonchev–Trinajstić information content (AvgIpc) is 2.62. The van der Waals surface area contributed by atoms with Crippen LogP contribution in [-0.4, -0.2) is 18.3 Å². The molecule has 0 atom stereocenters. The number of ether oxygens (including phenoxy) is 1. The lowest BCUT2D eigenvalue weighted by Gasteiger charge is -2.04. The molecule has 0 radical (unpaired) electrons. The maximum Gasteiger partial charge on any atom is 0.305 e. The van der Waals surface area contributed by atoms with Crippen molar-refractivity contribution < 1.29 is 9.53 Å². The molecule has 0 saturated heterocycles. The van der Waals surface area contributed by atoms with Crippen LogP contribution in [0.4, 0.5) is 0 Å². The van der Waals surface area contributed by atoms with E-state index in [0.29, 0.717) is 13.0 Å². The zero-order valence-electron chi connectivity index (χ0n) is 16.4. The highest BCUT2D eigenvalue weighted by atomic mass is 32.1. The summed E-state index contributed by atoms with van der Waals surface area (Å²) in [6.45, 7) is 2.80. The van der Waals surface area contributed by atoms with Gasteiger partial charge in [-0.15, -0.1) is 0 Å². The second-order valence-electron chi connectivity index (χ2n) is 6.63. The molecular weight excluding hydrogens is 328 g/mol. The zero-order valence-corrected chi connectivity index (χ0v) is 17.3. The predicted molar refractivity (Wildman–Crippen MR) is 113 cm³/mol. The monoisotopic (exact) mass is 368 g/mol. The highest BCUT2D eigenvalue weighted by molar-refractivity contribution is 7.80. The van der Waals surface area contributed by atoms with Gasteiger partial charge in [0, 0.05) is 6.42 Å². The van der Waals surface area contributed by atoms with Crippen LogP contribution < -0.4 is 0 Å². The Labute approximate surface area is 161 Å². The lowest BCUT2D eigenvalue weighted by atomic mass is 10.1. The maximum atomic E-state index is 11.5. The van der Waals surface area contributed by atoms with Crippen molar-refractivity contribution in [3.63, 3.8) is 0 Å². The summed E-state index contributed by atoms with van der Waals surface area (Å²) in [4.78, 5) is 11.5. The van der Waals surface area contributed by atoms with Crippen LogP contribution in [0.15, 0.2) is 24.3 Å². The lowest BCUT2D eigenvalue weighted by Crippen LogP contribution is -2.05. The van der Waals surface area contributed by atoms with Gasteiger partial charge in [0.15, 0.2) is 0 Å². The Bertz CT molecular complexity index is 337. The predicted octanol–water partition coefficient (Wildman–Crippen LogP) is 7.05. The Morgan fingerprint density at radius 3 is 2.12 bits per heavy atom. The smallest absolute Gasteiger partial charge is 0.305 e. The third-order valence-electron chi connectivity index (χ3n) is 4.15. The van der Waals surface area contributed by atoms with Crippen molar-refractivity contribution in [3.8, 4) is 0 Å². The van der Waals surface area contributed by atoms with Gasteiger partial charge in [-0.3, -0.25) is 4.79 Å². The van der Waals surface area contributed by atoms with E-state index in [2.05, 4.69) is 43.9 Å². The molecule has 0 aliphatic heterocycles. The van der Waals surface area contributed by atoms with Crippen molar-refractivity contribution in [2.24, 2.45) is 0 Å². The van der Waals surface area contributed by atoms with Gasteiger partial charge in [-0.05, 0) is 57.1 Å². The van der Waals surface area contributed by atoms with Crippen molar-refractivity contribution in [1.82, 2.24) is 0 Å². The summed E-state index contributed by atoms with van der Waals surface area (Å²) in [6.07, 6.45) is 25.0. The molecule has 0 heterocycles. The van der Waals surface area contributed by atoms with E-state index in [0.717, 1.165) is 37.9 Å². The molecule has 0 rings (SSSR count). The molecule has 0 aliphatic carbocycles. The van der Waals surface area contributed by atoms with Gasteiger partial charge in [-0.1, -0.05) is 63.3 Å². The number of rotatable bonds is 18. The van der Waals surface area contributed by atoms with Crippen molar-refractivity contribution in [1.29, 1.82) is 0 Å². The number of esters is 1. The highest BCUT2D eigenvalue weighted by Crippen LogP contribution is 2.09. The number of carbonyl (C=O) groups excluding carboxylic acids is 1. The van der Waals surface area contributed by atoms with Crippen LogP contribution in [0.3, 0.4) is 0 Å². The number of thiol groups is 1. The summed E-state index contributed by atoms with van der Waals surface area (Å²) in [6, 6.07) is 0. The second kappa shape index (κ2) is 21.3. The van der Waals surface area contributed by atoms with E-state index in [1.165, 1.54) is 51.4 Å². The first-order valence-corrected chi connectivity index (χ1v) is 11.0. The molecule has 0 unspecified atom stereocenters. The molecule has 0 aromatic rings. The first-order chi connectivity index (χ1) is 12.3. The van der Waals surface area contributed by atoms with Crippen LogP contribution in [0, 0.1) is 0 Å². The summed E-state index contributed by atoms with van der Waals surface area (Å²) < 4.78 is 5.18. The van der Waals surface area contributed by atoms with E-state index in [4.69, 9.17) is 4.74 Å². The Kier molecular flexibility index (Phi) is 20.7. The fraction of sp³-hybridized carbons (Fsp3) is 0.773. The maximum absolute atomic E-state index is 11.5. The van der Waals surface area contributed by atoms with Gasteiger partial charge in [0.05, 0.1) is 6.61 Å². The second-order valence-corrected chi connectivity index (χ2v) is 7.08. The molecule has 2 nitrogen and oxygen atoms in total. The van der Waals surface area contributed by atoms with E-state index >= 15 is 0 Å². The van der Waals surface area contributed by atoms with Gasteiger partial charge in [0.25, 0.3) is 0 Å². The quantitative estimate of drug-likeness (QED) is 0.121. The third-order valence-corrected chi connectivity index (χ3v) is 4.46. The Balaban J connectivity index is 3.25. The fourth-order valence-electron chi connectivity index (χ4n) is 2.55. The Morgan fingerprint density at radius 2 is 1.44 bits per heavy atom. The number of hydrogen-bond acceptors (Lipinski definition) is 3. The van der Waals surface area contributed by atoms with Gasteiger partial charge >= 0.3 is 5.97 Å². The molecule has 0 aromatic heterocycles. The lowest BCUT2D eigenvalue weighted by molar-refractivity contribution is -0.143. The van der Waals surface area contributed by atoms with Crippen molar-refractivity contribution >= 4 is 18.6 Å². The van der Waals surface area contributed by atoms with E-state index in [1.54, 1.807) is 0 Å². The van der Waals surface area contributed by atoms with Gasteiger partial charge in [0.1, 0.15) is 0 Å². The van der Waals surface area contributed by atoms with Crippen LogP contribution >= 0.6 is 12.6 Å². The highest BCUT2D eigenvalue weighted by Gasteiger charge is 2.01. The topological polar surface area (TPSA) is 26.3 Å². The van der Waals surface area contributed by atoms with E-state index in [-0.39, 0.29) is 5.97 Å². The van der Waals surface area contributed by atoms with Crippen molar-refractivity contribution in [2.45, 2.75) is 96.8 Å². The Morgan fingerprint density at radius 1 is 0.800 bits per heavy atom. The van der Waals surface area contributed by atoms with E-state index in [1.807, 2.05) is 0 Å². The van der Waals surface area contributed by atoms with Gasteiger partial charge in [-0.25, -0.2) is 0 Å². The molecule has 0 bridgehead atoms. The average molecular weight is 369 g/mol. The number of hydrogen-bond donors (Lipinski definition) is 1. The normalized spacial score (nSPS) is 11.6. The standard InChI is InChI=1S/C22H40O2S/c1-2-3-4-5-6-7-8-9-10-11-12-13-14-15-16-19-22(23)24-20-17-18-21-25/h6-7,9-10,25H,2-5,8,11-21H2,1H3/b7-6-,10-9-. The van der Waals surface area contributed by atoms with E-state index < -0.39 is 0 Å². The summed E-state index contributed by atoms with van der Waals surface area (Å²) in [5.74, 6) is 0.826. The molecule has 0 spiro atoms. The molecule has 25 heavy (non-hydrogen) atoms. The van der Waals surface area contributed by atoms with E-state index in [9.17, 15) is 4.79 Å². The fourth-order valence-corrected chi connectivity index (χ4v) is 2.78. The zero-order chi connectivity index (χ0) is 18.4. The SMILES string of the molecule is CCCCC/C=C\C/C=C\CCCCCCCC(=O)OCCCCS. The van der Waals surface area contributed by atoms with Crippen LogP contribution in [0.5, 0.6) is 0 Å². The van der Waals surface area contributed by atoms with Gasteiger partial charge in [0.2, 0.25) is 0 Å². The molecule has 146 valence electrons. The third kappa shape index (κ3) is 21.3. The minimum absolute atomic E-state index is 0.0372. The molecule has 0 N–H and O–H groups in total. The van der Waals surface area contributed by atoms with Gasteiger partial charge < -0.3 is 4.74 Å². The van der Waals surface area contributed by atoms with Gasteiger partial charge in [-0.2, -0.15) is 12.6 Å². The molecular formula is C22H40O2S. The van der Waals surface area contributed by atoms with Crippen LogP contribution in [0.1, 0.15) is 96.8 Å². The van der Waals surface area contributed by atoms with Crippen LogP contribution in [0.25, 0.3) is 0 Å². The summed E-state index contributed by atoms with van der Waals surface area (Å²) in [5, 5.41) is 0. The molecule has 0 aromatic carbocycles. The first kappa shape index (κ1) is 24.3. The van der Waals surface area contributed by atoms with Crippen molar-refractivity contribution in [2.75, 3.05) is 12.4 Å².